The smallest absolute Gasteiger partial charge is 0.242 e. The van der Waals surface area contributed by atoms with Gasteiger partial charge in [-0.2, -0.15) is 0 Å². The van der Waals surface area contributed by atoms with Gasteiger partial charge in [0, 0.05) is 16.6 Å². The predicted octanol–water partition coefficient (Wildman–Crippen LogP) is 2.73. The molecule has 4 atom stereocenters. The van der Waals surface area contributed by atoms with Gasteiger partial charge in [0.25, 0.3) is 0 Å². The number of thioether (sulfide) groups is 1. The molecule has 1 heterocycles. The Morgan fingerprint density at radius 3 is 2.63 bits per heavy atom. The van der Waals surface area contributed by atoms with Crippen molar-refractivity contribution in [2.75, 3.05) is 0 Å². The maximum Gasteiger partial charge on any atom is 0.242 e. The van der Waals surface area contributed by atoms with E-state index in [9.17, 15) is 9.59 Å². The van der Waals surface area contributed by atoms with E-state index in [1.807, 2.05) is 6.92 Å². The van der Waals surface area contributed by atoms with Crippen LogP contribution in [0.4, 0.5) is 0 Å². The van der Waals surface area contributed by atoms with Gasteiger partial charge in [0.1, 0.15) is 10.5 Å². The molecule has 1 saturated heterocycles. The van der Waals surface area contributed by atoms with Gasteiger partial charge in [-0.15, -0.1) is 0 Å². The van der Waals surface area contributed by atoms with E-state index in [1.165, 1.54) is 0 Å². The number of amidine groups is 1. The van der Waals surface area contributed by atoms with Crippen molar-refractivity contribution in [3.05, 3.63) is 0 Å². The average Bonchev–Trinajstić information content (AvgIpc) is 2.94. The number of carbonyl (C=O) groups excluding carboxylic acids is 2. The summed E-state index contributed by atoms with van der Waals surface area (Å²) in [6.45, 7) is 6.10. The predicted molar refractivity (Wildman–Crippen MR) is 82.4 cm³/mol. The Hall–Kier alpha value is -0.840. The number of hydrogen-bond donors (Lipinski definition) is 1. The molecule has 1 amide bonds. The van der Waals surface area contributed by atoms with Crippen molar-refractivity contribution in [2.45, 2.75) is 50.8 Å². The molecule has 4 nitrogen and oxygen atoms in total. The molecule has 19 heavy (non-hydrogen) atoms. The van der Waals surface area contributed by atoms with E-state index in [2.05, 4.69) is 19.2 Å². The van der Waals surface area contributed by atoms with Crippen LogP contribution in [0.3, 0.4) is 0 Å². The quantitative estimate of drug-likeness (QED) is 0.849. The summed E-state index contributed by atoms with van der Waals surface area (Å²) >= 11 is 1.55. The van der Waals surface area contributed by atoms with Crippen molar-refractivity contribution in [1.29, 1.82) is 0 Å². The summed E-state index contributed by atoms with van der Waals surface area (Å²) in [7, 11) is 0. The third-order valence-corrected chi connectivity index (χ3v) is 6.42. The third-order valence-electron chi connectivity index (χ3n) is 4.94. The molecule has 2 aliphatic carbocycles. The van der Waals surface area contributed by atoms with Gasteiger partial charge < -0.3 is 5.32 Å². The second-order valence-electron chi connectivity index (χ2n) is 6.42. The number of carbonyl (C=O) groups is 2. The van der Waals surface area contributed by atoms with E-state index in [0.29, 0.717) is 18.1 Å². The lowest BCUT2D eigenvalue weighted by molar-refractivity contribution is -0.122. The normalized spacial score (nSPS) is 43.6. The lowest BCUT2D eigenvalue weighted by atomic mass is 9.95. The summed E-state index contributed by atoms with van der Waals surface area (Å²) in [4.78, 5) is 28.3. The zero-order valence-corrected chi connectivity index (χ0v) is 12.4. The van der Waals surface area contributed by atoms with Gasteiger partial charge in [-0.3, -0.25) is 14.6 Å². The molecule has 3 rings (SSSR count). The van der Waals surface area contributed by atoms with E-state index < -0.39 is 4.75 Å². The van der Waals surface area contributed by atoms with Gasteiger partial charge in [-0.25, -0.2) is 0 Å². The first-order valence-corrected chi connectivity index (χ1v) is 7.82. The maximum absolute atomic E-state index is 12.1. The van der Waals surface area contributed by atoms with Gasteiger partial charge in [-0.1, -0.05) is 25.6 Å². The number of amides is 1. The number of ketones is 1. The molecular formula is C14H26N2O2S. The number of nitrogens with zero attached hydrogens (tertiary/aromatic N) is 1. The van der Waals surface area contributed by atoms with Crippen molar-refractivity contribution < 1.29 is 13.9 Å². The SMILES string of the molecule is CC(C)[C@]1(C)SC(=N[C@H]2CC3CC2CC3=O)NC1=O.[HH].[HH].[HH]. The molecule has 0 radical (unpaired) electrons. The molecule has 2 saturated carbocycles. The third kappa shape index (κ3) is 2.02. The Morgan fingerprint density at radius 1 is 1.42 bits per heavy atom. The molecule has 0 aromatic heterocycles. The molecule has 110 valence electrons. The molecule has 1 N–H and O–H groups in total. The molecule has 5 heteroatoms. The van der Waals surface area contributed by atoms with Gasteiger partial charge in [-0.05, 0) is 31.6 Å². The minimum absolute atomic E-state index is 0. The van der Waals surface area contributed by atoms with Crippen LogP contribution < -0.4 is 5.32 Å². The molecular weight excluding hydrogens is 260 g/mol. The lowest BCUT2D eigenvalue weighted by Gasteiger charge is -2.23. The number of rotatable bonds is 2. The Morgan fingerprint density at radius 2 is 2.16 bits per heavy atom. The summed E-state index contributed by atoms with van der Waals surface area (Å²) < 4.78 is -0.410. The fraction of sp³-hybridized carbons (Fsp3) is 0.786. The van der Waals surface area contributed by atoms with E-state index in [-0.39, 0.29) is 28.1 Å². The minimum atomic E-state index is -0.410. The number of Topliss-reactive ketones (excluding diaryl/α,β-unsaturated/α-hetero) is 1. The van der Waals surface area contributed by atoms with Gasteiger partial charge in [0.05, 0.1) is 6.04 Å². The van der Waals surface area contributed by atoms with Crippen LogP contribution in [0.25, 0.3) is 0 Å². The van der Waals surface area contributed by atoms with Gasteiger partial charge in [0.2, 0.25) is 5.91 Å². The van der Waals surface area contributed by atoms with Crippen molar-refractivity contribution in [3.63, 3.8) is 0 Å². The van der Waals surface area contributed by atoms with Crippen molar-refractivity contribution in [1.82, 2.24) is 5.32 Å². The summed E-state index contributed by atoms with van der Waals surface area (Å²) in [5.41, 5.74) is 0. The Labute approximate surface area is 122 Å². The second kappa shape index (κ2) is 4.33. The summed E-state index contributed by atoms with van der Waals surface area (Å²) in [5, 5.41) is 3.67. The highest BCUT2D eigenvalue weighted by atomic mass is 32.2. The first kappa shape index (κ1) is 13.2. The zero-order chi connectivity index (χ0) is 13.8. The zero-order valence-electron chi connectivity index (χ0n) is 11.6. The molecule has 0 aromatic carbocycles. The van der Waals surface area contributed by atoms with E-state index >= 15 is 0 Å². The minimum Gasteiger partial charge on any atom is -0.304 e. The summed E-state index contributed by atoms with van der Waals surface area (Å²) in [5.74, 6) is 1.39. The number of nitrogens with one attached hydrogen (secondary N) is 1. The van der Waals surface area contributed by atoms with E-state index in [0.717, 1.165) is 18.0 Å². The molecule has 0 spiro atoms. The second-order valence-corrected chi connectivity index (χ2v) is 7.86. The largest absolute Gasteiger partial charge is 0.304 e. The first-order chi connectivity index (χ1) is 8.90. The number of hydrogen-bond acceptors (Lipinski definition) is 4. The standard InChI is InChI=1S/C14H20N2O2S.3H2/c1-7(2)14(3)12(18)16-13(19-14)15-10-5-9-4-8(10)6-11(9)17;;;/h7-10H,4-6H2,1-3H3,(H,15,16,18);3*1H/t8?,9?,10-,14-;;;/m0.../s1. The number of aliphatic imine (C=N–C) groups is 1. The average molecular weight is 286 g/mol. The van der Waals surface area contributed by atoms with Crippen molar-refractivity contribution in [3.8, 4) is 0 Å². The van der Waals surface area contributed by atoms with Crippen LogP contribution in [0.15, 0.2) is 4.99 Å². The monoisotopic (exact) mass is 286 g/mol. The Balaban J connectivity index is 0.00000147. The summed E-state index contributed by atoms with van der Waals surface area (Å²) in [6, 6.07) is 0.236. The Bertz CT molecular complexity index is 487. The highest BCUT2D eigenvalue weighted by molar-refractivity contribution is 8.16. The lowest BCUT2D eigenvalue weighted by Crippen LogP contribution is -2.38. The van der Waals surface area contributed by atoms with Crippen LogP contribution in [0, 0.1) is 17.8 Å². The van der Waals surface area contributed by atoms with Crippen LogP contribution in [-0.4, -0.2) is 27.6 Å². The fourth-order valence-electron chi connectivity index (χ4n) is 3.25. The van der Waals surface area contributed by atoms with Crippen molar-refractivity contribution in [2.24, 2.45) is 22.7 Å². The molecule has 3 fully saturated rings. The van der Waals surface area contributed by atoms with Crippen LogP contribution in [0.5, 0.6) is 0 Å². The molecule has 1 aliphatic heterocycles. The maximum atomic E-state index is 12.1. The topological polar surface area (TPSA) is 58.5 Å². The highest BCUT2D eigenvalue weighted by Gasteiger charge is 2.48. The summed E-state index contributed by atoms with van der Waals surface area (Å²) in [6.07, 6.45) is 2.56. The van der Waals surface area contributed by atoms with Gasteiger partial charge in [0.15, 0.2) is 5.17 Å². The molecule has 0 aromatic rings. The Kier molecular flexibility index (Phi) is 3.00. The van der Waals surface area contributed by atoms with Crippen LogP contribution in [-0.2, 0) is 9.59 Å². The van der Waals surface area contributed by atoms with Crippen LogP contribution >= 0.6 is 11.8 Å². The van der Waals surface area contributed by atoms with E-state index in [1.54, 1.807) is 11.8 Å². The molecule has 2 unspecified atom stereocenters. The van der Waals surface area contributed by atoms with Gasteiger partial charge >= 0.3 is 0 Å². The molecule has 3 aliphatic rings. The fourth-order valence-corrected chi connectivity index (χ4v) is 4.36. The van der Waals surface area contributed by atoms with Crippen molar-refractivity contribution >= 4 is 28.6 Å². The highest BCUT2D eigenvalue weighted by Crippen LogP contribution is 2.45. The molecule has 2 bridgehead atoms. The van der Waals surface area contributed by atoms with E-state index in [4.69, 9.17) is 4.99 Å². The van der Waals surface area contributed by atoms with Crippen LogP contribution in [0.2, 0.25) is 0 Å². The number of fused-ring (bicyclic) bond motifs is 2. The first-order valence-electron chi connectivity index (χ1n) is 7.01. The van der Waals surface area contributed by atoms with Crippen LogP contribution in [0.1, 0.15) is 44.3 Å².